The molecule has 3 aliphatic heterocycles. The second-order valence-corrected chi connectivity index (χ2v) is 12.7. The van der Waals surface area contributed by atoms with Crippen LogP contribution in [0.5, 0.6) is 5.75 Å². The molecule has 0 aliphatic carbocycles. The zero-order valence-electron chi connectivity index (χ0n) is 19.6. The SMILES string of the molecule is CC(C)(C)N1CCC2(CCc3ccc(N4CCc5cc(S(C)(=O)=O)ccc54)cc3O2)CC1. The third-order valence-electron chi connectivity index (χ3n) is 7.54. The van der Waals surface area contributed by atoms with E-state index in [0.717, 1.165) is 74.4 Å². The van der Waals surface area contributed by atoms with Crippen molar-refractivity contribution in [2.45, 2.75) is 68.9 Å². The molecular weight excluding hydrogens is 420 g/mol. The number of hydrogen-bond donors (Lipinski definition) is 0. The summed E-state index contributed by atoms with van der Waals surface area (Å²) in [6.07, 6.45) is 6.44. The van der Waals surface area contributed by atoms with Crippen LogP contribution in [0.15, 0.2) is 41.3 Å². The van der Waals surface area contributed by atoms with E-state index in [9.17, 15) is 8.42 Å². The number of hydrogen-bond acceptors (Lipinski definition) is 5. The lowest BCUT2D eigenvalue weighted by Crippen LogP contribution is -2.54. The van der Waals surface area contributed by atoms with Gasteiger partial charge in [0.1, 0.15) is 11.4 Å². The fourth-order valence-corrected chi connectivity index (χ4v) is 6.15. The van der Waals surface area contributed by atoms with Crippen LogP contribution in [0, 0.1) is 0 Å². The van der Waals surface area contributed by atoms with Gasteiger partial charge in [-0.15, -0.1) is 0 Å². The molecule has 3 heterocycles. The molecule has 172 valence electrons. The van der Waals surface area contributed by atoms with Crippen LogP contribution < -0.4 is 9.64 Å². The van der Waals surface area contributed by atoms with E-state index in [2.05, 4.69) is 48.8 Å². The van der Waals surface area contributed by atoms with Gasteiger partial charge >= 0.3 is 0 Å². The first-order valence-electron chi connectivity index (χ1n) is 11.7. The Morgan fingerprint density at radius 1 is 0.906 bits per heavy atom. The normalized spacial score (nSPS) is 20.7. The average Bonchev–Trinajstić information content (AvgIpc) is 3.15. The molecule has 0 amide bonds. The van der Waals surface area contributed by atoms with E-state index in [1.807, 2.05) is 12.1 Å². The van der Waals surface area contributed by atoms with Crippen molar-refractivity contribution in [3.63, 3.8) is 0 Å². The summed E-state index contributed by atoms with van der Waals surface area (Å²) in [6.45, 7) is 9.90. The van der Waals surface area contributed by atoms with Gasteiger partial charge in [-0.05, 0) is 88.3 Å². The number of anilines is 2. The van der Waals surface area contributed by atoms with E-state index in [4.69, 9.17) is 4.74 Å². The average molecular weight is 455 g/mol. The van der Waals surface area contributed by atoms with Gasteiger partial charge < -0.3 is 9.64 Å². The third-order valence-corrected chi connectivity index (χ3v) is 8.65. The summed E-state index contributed by atoms with van der Waals surface area (Å²) in [6, 6.07) is 12.1. The molecule has 5 rings (SSSR count). The number of aryl methyl sites for hydroxylation is 1. The first kappa shape index (κ1) is 21.8. The Kier molecular flexibility index (Phi) is 5.10. The number of likely N-dealkylation sites (tertiary alicyclic amines) is 1. The largest absolute Gasteiger partial charge is 0.487 e. The Hall–Kier alpha value is -2.05. The maximum absolute atomic E-state index is 11.9. The molecule has 6 heteroatoms. The summed E-state index contributed by atoms with van der Waals surface area (Å²) < 4.78 is 30.6. The summed E-state index contributed by atoms with van der Waals surface area (Å²) >= 11 is 0. The van der Waals surface area contributed by atoms with Crippen LogP contribution >= 0.6 is 0 Å². The standard InChI is InChI=1S/C26H34N2O3S/c1-25(2,3)27-15-12-26(13-16-27)11-9-19-5-6-21(18-24(19)31-26)28-14-10-20-17-22(32(4,29)30)7-8-23(20)28/h5-8,17-18H,9-16H2,1-4H3. The van der Waals surface area contributed by atoms with E-state index in [0.29, 0.717) is 4.90 Å². The van der Waals surface area contributed by atoms with Crippen molar-refractivity contribution in [1.82, 2.24) is 4.90 Å². The van der Waals surface area contributed by atoms with Crippen molar-refractivity contribution in [1.29, 1.82) is 0 Å². The van der Waals surface area contributed by atoms with E-state index < -0.39 is 9.84 Å². The predicted molar refractivity (Wildman–Crippen MR) is 129 cm³/mol. The highest BCUT2D eigenvalue weighted by Gasteiger charge is 2.41. The second kappa shape index (κ2) is 7.49. The number of ether oxygens (including phenoxy) is 1. The molecule has 2 aromatic rings. The van der Waals surface area contributed by atoms with Gasteiger partial charge in [-0.1, -0.05) is 6.07 Å². The molecule has 0 bridgehead atoms. The monoisotopic (exact) mass is 454 g/mol. The van der Waals surface area contributed by atoms with Crippen molar-refractivity contribution in [2.24, 2.45) is 0 Å². The molecule has 1 saturated heterocycles. The van der Waals surface area contributed by atoms with E-state index in [1.165, 1.54) is 11.8 Å². The minimum Gasteiger partial charge on any atom is -0.487 e. The van der Waals surface area contributed by atoms with Crippen molar-refractivity contribution < 1.29 is 13.2 Å². The molecular formula is C26H34N2O3S. The van der Waals surface area contributed by atoms with E-state index in [1.54, 1.807) is 6.07 Å². The van der Waals surface area contributed by atoms with Crippen LogP contribution in [0.2, 0.25) is 0 Å². The Bertz CT molecular complexity index is 1140. The Morgan fingerprint density at radius 3 is 2.34 bits per heavy atom. The molecule has 0 saturated carbocycles. The number of piperidine rings is 1. The van der Waals surface area contributed by atoms with Gasteiger partial charge in [0, 0.05) is 48.9 Å². The van der Waals surface area contributed by atoms with Crippen molar-refractivity contribution in [3.05, 3.63) is 47.5 Å². The molecule has 1 spiro atoms. The van der Waals surface area contributed by atoms with Gasteiger partial charge in [0.05, 0.1) is 4.90 Å². The zero-order chi connectivity index (χ0) is 22.7. The maximum atomic E-state index is 11.9. The maximum Gasteiger partial charge on any atom is 0.175 e. The van der Waals surface area contributed by atoms with Gasteiger partial charge in [0.2, 0.25) is 0 Å². The van der Waals surface area contributed by atoms with Crippen LogP contribution in [0.1, 0.15) is 51.2 Å². The van der Waals surface area contributed by atoms with Crippen LogP contribution in [-0.2, 0) is 22.7 Å². The van der Waals surface area contributed by atoms with Gasteiger partial charge in [-0.2, -0.15) is 0 Å². The van der Waals surface area contributed by atoms with E-state index in [-0.39, 0.29) is 11.1 Å². The first-order valence-corrected chi connectivity index (χ1v) is 13.6. The number of nitrogens with zero attached hydrogens (tertiary/aromatic N) is 2. The highest BCUT2D eigenvalue weighted by molar-refractivity contribution is 7.90. The number of rotatable bonds is 2. The Balaban J connectivity index is 1.38. The van der Waals surface area contributed by atoms with Crippen LogP contribution in [0.25, 0.3) is 0 Å². The molecule has 5 nitrogen and oxygen atoms in total. The minimum atomic E-state index is -3.19. The quantitative estimate of drug-likeness (QED) is 0.656. The molecule has 1 fully saturated rings. The summed E-state index contributed by atoms with van der Waals surface area (Å²) in [7, 11) is -3.19. The number of sulfone groups is 1. The number of benzene rings is 2. The van der Waals surface area contributed by atoms with Crippen LogP contribution in [0.4, 0.5) is 11.4 Å². The topological polar surface area (TPSA) is 49.9 Å². The first-order chi connectivity index (χ1) is 15.0. The Labute approximate surface area is 192 Å². The summed E-state index contributed by atoms with van der Waals surface area (Å²) in [5.74, 6) is 1.03. The van der Waals surface area contributed by atoms with Crippen molar-refractivity contribution in [2.75, 3.05) is 30.8 Å². The number of fused-ring (bicyclic) bond motifs is 2. The second-order valence-electron chi connectivity index (χ2n) is 10.7. The molecule has 2 aromatic carbocycles. The van der Waals surface area contributed by atoms with E-state index >= 15 is 0 Å². The molecule has 0 aromatic heterocycles. The van der Waals surface area contributed by atoms with Crippen LogP contribution in [-0.4, -0.2) is 50.3 Å². The Morgan fingerprint density at radius 2 is 1.66 bits per heavy atom. The fraction of sp³-hybridized carbons (Fsp3) is 0.538. The van der Waals surface area contributed by atoms with Gasteiger partial charge in [-0.25, -0.2) is 8.42 Å². The van der Waals surface area contributed by atoms with Crippen molar-refractivity contribution in [3.8, 4) is 5.75 Å². The zero-order valence-corrected chi connectivity index (χ0v) is 20.5. The molecule has 32 heavy (non-hydrogen) atoms. The highest BCUT2D eigenvalue weighted by Crippen LogP contribution is 2.43. The summed E-state index contributed by atoms with van der Waals surface area (Å²) in [4.78, 5) is 5.25. The predicted octanol–water partition coefficient (Wildman–Crippen LogP) is 4.74. The van der Waals surface area contributed by atoms with Gasteiger partial charge in [0.25, 0.3) is 0 Å². The third kappa shape index (κ3) is 3.92. The lowest BCUT2D eigenvalue weighted by molar-refractivity contribution is -0.0355. The van der Waals surface area contributed by atoms with Crippen LogP contribution in [0.3, 0.4) is 0 Å². The molecule has 0 unspecified atom stereocenters. The smallest absolute Gasteiger partial charge is 0.175 e. The fourth-order valence-electron chi connectivity index (χ4n) is 5.47. The minimum absolute atomic E-state index is 0.0410. The molecule has 3 aliphatic rings. The highest BCUT2D eigenvalue weighted by atomic mass is 32.2. The lowest BCUT2D eigenvalue weighted by atomic mass is 9.82. The van der Waals surface area contributed by atoms with Gasteiger partial charge in [-0.3, -0.25) is 4.90 Å². The summed E-state index contributed by atoms with van der Waals surface area (Å²) in [5.41, 5.74) is 4.78. The molecule has 0 atom stereocenters. The molecule has 0 N–H and O–H groups in total. The van der Waals surface area contributed by atoms with Gasteiger partial charge in [0.15, 0.2) is 9.84 Å². The lowest BCUT2D eigenvalue weighted by Gasteiger charge is -2.48. The molecule has 0 radical (unpaired) electrons. The summed E-state index contributed by atoms with van der Waals surface area (Å²) in [5, 5.41) is 0. The van der Waals surface area contributed by atoms with Crippen molar-refractivity contribution >= 4 is 21.2 Å².